The van der Waals surface area contributed by atoms with Gasteiger partial charge in [0, 0.05) is 13.6 Å². The third-order valence-electron chi connectivity index (χ3n) is 4.59. The Bertz CT molecular complexity index is 1230. The maximum atomic E-state index is 13.0. The number of carbonyl (C=O) groups is 1. The summed E-state index contributed by atoms with van der Waals surface area (Å²) in [7, 11) is -2.71. The van der Waals surface area contributed by atoms with Crippen molar-refractivity contribution < 1.29 is 26.4 Å². The van der Waals surface area contributed by atoms with Gasteiger partial charge in [-0.05, 0) is 32.0 Å². The number of hydrogen-bond acceptors (Lipinski definition) is 5. The maximum Gasteiger partial charge on any atom is 0.433 e. The monoisotopic (exact) mass is 444 g/mol. The Kier molecular flexibility index (Phi) is 5.37. The first-order valence-corrected chi connectivity index (χ1v) is 10.3. The molecule has 0 spiro atoms. The molecule has 0 aliphatic heterocycles. The summed E-state index contributed by atoms with van der Waals surface area (Å²) < 4.78 is 69.7. The number of nitrogens with zero attached hydrogens (tertiary/aromatic N) is 4. The fraction of sp³-hybridized carbons (Fsp3) is 0.353. The summed E-state index contributed by atoms with van der Waals surface area (Å²) in [6.45, 7) is 3.48. The van der Waals surface area contributed by atoms with Crippen LogP contribution in [-0.4, -0.2) is 33.4 Å². The van der Waals surface area contributed by atoms with Crippen LogP contribution in [0.1, 0.15) is 41.9 Å². The molecule has 0 saturated heterocycles. The smallest absolute Gasteiger partial charge is 0.364 e. The number of alkyl halides is 3. The van der Waals surface area contributed by atoms with Gasteiger partial charge in [-0.2, -0.15) is 17.9 Å². The fourth-order valence-electron chi connectivity index (χ4n) is 3.22. The van der Waals surface area contributed by atoms with Crippen LogP contribution in [0.2, 0.25) is 0 Å². The van der Waals surface area contributed by atoms with Crippen LogP contribution in [-0.2, 0) is 29.8 Å². The standard InChI is InChI=1S/C17H19F3N6O3S/c1-4-26-12-7-13(17(18,19)20)22-8-10(12)23-16(26)9(2)24-30(28,29)14-6-5-11(15(21)27)25(14)3/h5-9,24H,4H2,1-3H3,(H2,21,27)/t9-/m1/s1. The molecule has 9 nitrogen and oxygen atoms in total. The Hall–Kier alpha value is -2.93. The van der Waals surface area contributed by atoms with Crippen LogP contribution in [0.4, 0.5) is 13.2 Å². The van der Waals surface area contributed by atoms with Crippen LogP contribution >= 0.6 is 0 Å². The van der Waals surface area contributed by atoms with E-state index in [0.29, 0.717) is 0 Å². The lowest BCUT2D eigenvalue weighted by Gasteiger charge is -2.16. The van der Waals surface area contributed by atoms with Crippen LogP contribution in [0, 0.1) is 0 Å². The second kappa shape index (κ2) is 7.40. The zero-order valence-electron chi connectivity index (χ0n) is 16.2. The van der Waals surface area contributed by atoms with E-state index in [1.54, 1.807) is 6.92 Å². The van der Waals surface area contributed by atoms with E-state index >= 15 is 0 Å². The van der Waals surface area contributed by atoms with Crippen molar-refractivity contribution in [3.63, 3.8) is 0 Å². The number of primary amides is 1. The largest absolute Gasteiger partial charge is 0.433 e. The lowest BCUT2D eigenvalue weighted by molar-refractivity contribution is -0.141. The summed E-state index contributed by atoms with van der Waals surface area (Å²) in [5.41, 5.74) is 4.56. The molecule has 162 valence electrons. The number of aromatic nitrogens is 4. The number of sulfonamides is 1. The Morgan fingerprint density at radius 2 is 2.00 bits per heavy atom. The highest BCUT2D eigenvalue weighted by molar-refractivity contribution is 7.89. The summed E-state index contributed by atoms with van der Waals surface area (Å²) in [5, 5.41) is -0.191. The number of carbonyl (C=O) groups excluding carboxylic acids is 1. The number of imidazole rings is 1. The molecule has 3 aromatic rings. The molecule has 30 heavy (non-hydrogen) atoms. The number of hydrogen-bond donors (Lipinski definition) is 2. The van der Waals surface area contributed by atoms with Crippen LogP contribution in [0.5, 0.6) is 0 Å². The topological polar surface area (TPSA) is 125 Å². The van der Waals surface area contributed by atoms with Crippen molar-refractivity contribution in [2.45, 2.75) is 37.6 Å². The SMILES string of the molecule is CCn1c([C@@H](C)NS(=O)(=O)c2ccc(C(N)=O)n2C)nc2cnc(C(F)(F)F)cc21. The van der Waals surface area contributed by atoms with Crippen molar-refractivity contribution in [2.75, 3.05) is 0 Å². The molecule has 0 bridgehead atoms. The molecule has 3 N–H and O–H groups in total. The van der Waals surface area contributed by atoms with Gasteiger partial charge < -0.3 is 14.9 Å². The van der Waals surface area contributed by atoms with Gasteiger partial charge in [0.25, 0.3) is 15.9 Å². The predicted molar refractivity (Wildman–Crippen MR) is 101 cm³/mol. The average Bonchev–Trinajstić information content (AvgIpc) is 3.20. The first kappa shape index (κ1) is 21.8. The van der Waals surface area contributed by atoms with E-state index in [4.69, 9.17) is 5.73 Å². The van der Waals surface area contributed by atoms with Crippen molar-refractivity contribution >= 4 is 27.0 Å². The number of amides is 1. The molecule has 3 heterocycles. The summed E-state index contributed by atoms with van der Waals surface area (Å²) in [6, 6.07) is 2.51. The molecular weight excluding hydrogens is 425 g/mol. The van der Waals surface area contributed by atoms with Crippen LogP contribution in [0.3, 0.4) is 0 Å². The Morgan fingerprint density at radius 3 is 2.53 bits per heavy atom. The minimum Gasteiger partial charge on any atom is -0.364 e. The van der Waals surface area contributed by atoms with Gasteiger partial charge in [-0.3, -0.25) is 4.79 Å². The minimum absolute atomic E-state index is 0.00887. The molecule has 0 fully saturated rings. The predicted octanol–water partition coefficient (Wildman–Crippen LogP) is 1.95. The molecule has 1 amide bonds. The van der Waals surface area contributed by atoms with Crippen molar-refractivity contribution in [1.82, 2.24) is 23.8 Å². The molecule has 1 atom stereocenters. The molecule has 0 unspecified atom stereocenters. The van der Waals surface area contributed by atoms with E-state index in [-0.39, 0.29) is 34.1 Å². The van der Waals surface area contributed by atoms with Gasteiger partial charge in [-0.1, -0.05) is 0 Å². The zero-order valence-corrected chi connectivity index (χ0v) is 17.0. The van der Waals surface area contributed by atoms with E-state index in [9.17, 15) is 26.4 Å². The van der Waals surface area contributed by atoms with Crippen molar-refractivity contribution in [1.29, 1.82) is 0 Å². The van der Waals surface area contributed by atoms with Gasteiger partial charge in [0.15, 0.2) is 5.03 Å². The molecule has 3 aromatic heterocycles. The second-order valence-corrected chi connectivity index (χ2v) is 8.25. The summed E-state index contributed by atoms with van der Waals surface area (Å²) in [4.78, 5) is 19.0. The Balaban J connectivity index is 2.00. The molecule has 0 aromatic carbocycles. The van der Waals surface area contributed by atoms with E-state index in [2.05, 4.69) is 14.7 Å². The van der Waals surface area contributed by atoms with Crippen molar-refractivity contribution in [3.05, 3.63) is 41.6 Å². The third kappa shape index (κ3) is 3.77. The molecular formula is C17H19F3N6O3S. The first-order valence-electron chi connectivity index (χ1n) is 8.78. The van der Waals surface area contributed by atoms with Gasteiger partial charge in [-0.15, -0.1) is 0 Å². The number of rotatable bonds is 6. The number of halogens is 3. The number of fused-ring (bicyclic) bond motifs is 1. The summed E-state index contributed by atoms with van der Waals surface area (Å²) >= 11 is 0. The Labute approximate surface area is 169 Å². The van der Waals surface area contributed by atoms with Gasteiger partial charge in [-0.25, -0.2) is 18.4 Å². The number of pyridine rings is 1. The third-order valence-corrected chi connectivity index (χ3v) is 6.22. The van der Waals surface area contributed by atoms with Crippen LogP contribution in [0.25, 0.3) is 11.0 Å². The molecule has 0 radical (unpaired) electrons. The highest BCUT2D eigenvalue weighted by atomic mass is 32.2. The number of nitrogens with one attached hydrogen (secondary N) is 1. The quantitative estimate of drug-likeness (QED) is 0.601. The molecule has 0 aliphatic rings. The number of nitrogens with two attached hydrogens (primary N) is 1. The van der Waals surface area contributed by atoms with Crippen LogP contribution < -0.4 is 10.5 Å². The van der Waals surface area contributed by atoms with E-state index in [0.717, 1.165) is 16.8 Å². The van der Waals surface area contributed by atoms with Crippen molar-refractivity contribution in [2.24, 2.45) is 12.8 Å². The van der Waals surface area contributed by atoms with Crippen molar-refractivity contribution in [3.8, 4) is 0 Å². The molecule has 13 heteroatoms. The normalized spacial score (nSPS) is 13.7. The lowest BCUT2D eigenvalue weighted by atomic mass is 10.3. The van der Waals surface area contributed by atoms with Crippen LogP contribution in [0.15, 0.2) is 29.4 Å². The lowest BCUT2D eigenvalue weighted by Crippen LogP contribution is -2.30. The van der Waals surface area contributed by atoms with Gasteiger partial charge in [0.1, 0.15) is 22.7 Å². The van der Waals surface area contributed by atoms with E-state index < -0.39 is 33.8 Å². The molecule has 0 aliphatic carbocycles. The average molecular weight is 444 g/mol. The number of aryl methyl sites for hydroxylation is 1. The molecule has 3 rings (SSSR count). The second-order valence-electron chi connectivity index (χ2n) is 6.59. The highest BCUT2D eigenvalue weighted by Gasteiger charge is 2.33. The highest BCUT2D eigenvalue weighted by Crippen LogP contribution is 2.30. The summed E-state index contributed by atoms with van der Waals surface area (Å²) in [5.74, 6) is -0.561. The maximum absolute atomic E-state index is 13.0. The summed E-state index contributed by atoms with van der Waals surface area (Å²) in [6.07, 6.45) is -3.61. The van der Waals surface area contributed by atoms with E-state index in [1.807, 2.05) is 0 Å². The fourth-order valence-corrected chi connectivity index (χ4v) is 4.62. The Morgan fingerprint density at radius 1 is 1.33 bits per heavy atom. The van der Waals surface area contributed by atoms with E-state index in [1.165, 1.54) is 30.7 Å². The van der Waals surface area contributed by atoms with Gasteiger partial charge in [0.05, 0.1) is 17.8 Å². The van der Waals surface area contributed by atoms with Gasteiger partial charge >= 0.3 is 6.18 Å². The first-order chi connectivity index (χ1) is 13.9. The zero-order chi connectivity index (χ0) is 22.4. The minimum atomic E-state index is -4.62. The van der Waals surface area contributed by atoms with Gasteiger partial charge in [0.2, 0.25) is 0 Å². The molecule has 0 saturated carbocycles.